The van der Waals surface area contributed by atoms with Crippen molar-refractivity contribution in [3.63, 3.8) is 0 Å². The van der Waals surface area contributed by atoms with Gasteiger partial charge in [0.2, 0.25) is 5.95 Å². The zero-order chi connectivity index (χ0) is 21.1. The third-order valence-electron chi connectivity index (χ3n) is 5.31. The summed E-state index contributed by atoms with van der Waals surface area (Å²) in [5.41, 5.74) is 13.6. The number of nitrogens with one attached hydrogen (secondary N) is 2. The van der Waals surface area contributed by atoms with Crippen molar-refractivity contribution in [3.8, 4) is 11.4 Å². The van der Waals surface area contributed by atoms with E-state index in [-0.39, 0.29) is 17.6 Å². The second kappa shape index (κ2) is 8.46. The Balaban J connectivity index is 1.56. The number of carbonyl (C=O) groups is 1. The van der Waals surface area contributed by atoms with Crippen molar-refractivity contribution >= 4 is 23.4 Å². The van der Waals surface area contributed by atoms with E-state index in [9.17, 15) is 4.79 Å². The standard InChI is InChI=1S/C20H25N9O/c1-29-11-24-28-19(29)12-6-8-13(9-7-12)25-18-14(17(22)30)10-23-20(27-18)26-16-5-3-2-4-15(16)21/h6-11,15-16H,2-5,21H2,1H3,(H2,22,30)(H2,23,25,26,27)/t15-,16+/m0/s1. The molecule has 10 nitrogen and oxygen atoms in total. The van der Waals surface area contributed by atoms with Crippen molar-refractivity contribution < 1.29 is 4.79 Å². The highest BCUT2D eigenvalue weighted by Crippen LogP contribution is 2.24. The molecule has 0 bridgehead atoms. The summed E-state index contributed by atoms with van der Waals surface area (Å²) < 4.78 is 1.84. The Kier molecular flexibility index (Phi) is 5.57. The zero-order valence-corrected chi connectivity index (χ0v) is 16.7. The summed E-state index contributed by atoms with van der Waals surface area (Å²) >= 11 is 0. The van der Waals surface area contributed by atoms with Gasteiger partial charge in [-0.15, -0.1) is 10.2 Å². The van der Waals surface area contributed by atoms with Crippen molar-refractivity contribution in [2.24, 2.45) is 18.5 Å². The van der Waals surface area contributed by atoms with E-state index in [0.29, 0.717) is 11.8 Å². The number of primary amides is 1. The zero-order valence-electron chi connectivity index (χ0n) is 16.7. The molecule has 156 valence electrons. The van der Waals surface area contributed by atoms with Crippen molar-refractivity contribution in [2.75, 3.05) is 10.6 Å². The average molecular weight is 407 g/mol. The topological polar surface area (TPSA) is 150 Å². The molecular formula is C20H25N9O. The molecule has 30 heavy (non-hydrogen) atoms. The van der Waals surface area contributed by atoms with Gasteiger partial charge in [0.05, 0.1) is 0 Å². The first kappa shape index (κ1) is 19.8. The number of rotatable bonds is 6. The number of carbonyl (C=O) groups excluding carboxylic acids is 1. The van der Waals surface area contributed by atoms with Crippen LogP contribution in [0.5, 0.6) is 0 Å². The van der Waals surface area contributed by atoms with Crippen LogP contribution in [0.15, 0.2) is 36.8 Å². The van der Waals surface area contributed by atoms with Crippen LogP contribution < -0.4 is 22.1 Å². The highest BCUT2D eigenvalue weighted by molar-refractivity contribution is 5.98. The van der Waals surface area contributed by atoms with Crippen LogP contribution in [0.3, 0.4) is 0 Å². The predicted molar refractivity (Wildman–Crippen MR) is 114 cm³/mol. The van der Waals surface area contributed by atoms with E-state index in [0.717, 1.165) is 42.8 Å². The van der Waals surface area contributed by atoms with Crippen LogP contribution in [0.25, 0.3) is 11.4 Å². The Morgan fingerprint density at radius 2 is 1.97 bits per heavy atom. The van der Waals surface area contributed by atoms with Gasteiger partial charge in [0.25, 0.3) is 5.91 Å². The summed E-state index contributed by atoms with van der Waals surface area (Å²) in [5, 5.41) is 14.5. The number of nitrogens with two attached hydrogens (primary N) is 2. The highest BCUT2D eigenvalue weighted by Gasteiger charge is 2.23. The van der Waals surface area contributed by atoms with E-state index in [4.69, 9.17) is 11.5 Å². The molecule has 0 radical (unpaired) electrons. The van der Waals surface area contributed by atoms with Gasteiger partial charge in [-0.3, -0.25) is 4.79 Å². The SMILES string of the molecule is Cn1cnnc1-c1ccc(Nc2nc(N[C@@H]3CCCC[C@@H]3N)ncc2C(N)=O)cc1. The monoisotopic (exact) mass is 407 g/mol. The highest BCUT2D eigenvalue weighted by atomic mass is 16.1. The Hall–Kier alpha value is -3.53. The lowest BCUT2D eigenvalue weighted by atomic mass is 9.91. The number of aromatic nitrogens is 5. The third-order valence-corrected chi connectivity index (χ3v) is 5.31. The molecule has 0 spiro atoms. The molecule has 2 aromatic heterocycles. The molecule has 0 saturated heterocycles. The Bertz CT molecular complexity index is 1030. The summed E-state index contributed by atoms with van der Waals surface area (Å²) in [7, 11) is 1.88. The van der Waals surface area contributed by atoms with Crippen LogP contribution in [0.1, 0.15) is 36.0 Å². The van der Waals surface area contributed by atoms with Crippen molar-refractivity contribution in [3.05, 3.63) is 42.4 Å². The van der Waals surface area contributed by atoms with Crippen LogP contribution in [0, 0.1) is 0 Å². The summed E-state index contributed by atoms with van der Waals surface area (Å²) in [6, 6.07) is 7.75. The molecule has 10 heteroatoms. The fourth-order valence-electron chi connectivity index (χ4n) is 3.62. The van der Waals surface area contributed by atoms with E-state index in [1.807, 2.05) is 35.9 Å². The molecule has 6 N–H and O–H groups in total. The second-order valence-electron chi connectivity index (χ2n) is 7.49. The summed E-state index contributed by atoms with van der Waals surface area (Å²) in [5.74, 6) is 0.919. The van der Waals surface area contributed by atoms with E-state index in [1.165, 1.54) is 6.20 Å². The van der Waals surface area contributed by atoms with Gasteiger partial charge in [0, 0.05) is 36.6 Å². The minimum absolute atomic E-state index is 0.0581. The molecule has 1 aromatic carbocycles. The quantitative estimate of drug-likeness (QED) is 0.483. The molecule has 1 fully saturated rings. The minimum Gasteiger partial charge on any atom is -0.365 e. The summed E-state index contributed by atoms with van der Waals surface area (Å²) in [6.07, 6.45) is 7.27. The number of nitrogens with zero attached hydrogens (tertiary/aromatic N) is 5. The second-order valence-corrected chi connectivity index (χ2v) is 7.49. The van der Waals surface area contributed by atoms with Gasteiger partial charge < -0.3 is 26.7 Å². The smallest absolute Gasteiger partial charge is 0.254 e. The number of aryl methyl sites for hydroxylation is 1. The molecule has 3 aromatic rings. The molecule has 2 heterocycles. The molecule has 1 amide bonds. The fourth-order valence-corrected chi connectivity index (χ4v) is 3.62. The van der Waals surface area contributed by atoms with Gasteiger partial charge in [-0.05, 0) is 37.1 Å². The van der Waals surface area contributed by atoms with Crippen molar-refractivity contribution in [1.82, 2.24) is 24.7 Å². The lowest BCUT2D eigenvalue weighted by Crippen LogP contribution is -2.43. The van der Waals surface area contributed by atoms with Crippen LogP contribution in [0.4, 0.5) is 17.5 Å². The van der Waals surface area contributed by atoms with Gasteiger partial charge in [0.1, 0.15) is 17.7 Å². The van der Waals surface area contributed by atoms with Gasteiger partial charge >= 0.3 is 0 Å². The summed E-state index contributed by atoms with van der Waals surface area (Å²) in [6.45, 7) is 0. The molecule has 0 aliphatic heterocycles. The van der Waals surface area contributed by atoms with E-state index >= 15 is 0 Å². The van der Waals surface area contributed by atoms with Crippen molar-refractivity contribution in [1.29, 1.82) is 0 Å². The summed E-state index contributed by atoms with van der Waals surface area (Å²) in [4.78, 5) is 20.6. The lowest BCUT2D eigenvalue weighted by molar-refractivity contribution is 0.100. The lowest BCUT2D eigenvalue weighted by Gasteiger charge is -2.29. The normalized spacial score (nSPS) is 18.7. The minimum atomic E-state index is -0.603. The van der Waals surface area contributed by atoms with Crippen molar-refractivity contribution in [2.45, 2.75) is 37.8 Å². The van der Waals surface area contributed by atoms with Gasteiger partial charge in [0.15, 0.2) is 5.82 Å². The largest absolute Gasteiger partial charge is 0.365 e. The van der Waals surface area contributed by atoms with E-state index in [1.54, 1.807) is 6.33 Å². The third kappa shape index (κ3) is 4.23. The van der Waals surface area contributed by atoms with E-state index in [2.05, 4.69) is 30.8 Å². The fraction of sp³-hybridized carbons (Fsp3) is 0.350. The first-order valence-corrected chi connectivity index (χ1v) is 9.91. The average Bonchev–Trinajstić information content (AvgIpc) is 3.16. The van der Waals surface area contributed by atoms with E-state index < -0.39 is 5.91 Å². The van der Waals surface area contributed by atoms with Crippen LogP contribution in [0.2, 0.25) is 0 Å². The first-order chi connectivity index (χ1) is 14.5. The number of hydrogen-bond donors (Lipinski definition) is 4. The molecular weight excluding hydrogens is 382 g/mol. The molecule has 1 aliphatic rings. The number of anilines is 3. The predicted octanol–water partition coefficient (Wildman–Crippen LogP) is 1.80. The molecule has 1 saturated carbocycles. The number of hydrogen-bond acceptors (Lipinski definition) is 8. The van der Waals surface area contributed by atoms with Crippen LogP contribution in [-0.2, 0) is 7.05 Å². The molecule has 0 unspecified atom stereocenters. The Morgan fingerprint density at radius 1 is 1.20 bits per heavy atom. The van der Waals surface area contributed by atoms with Gasteiger partial charge in [-0.2, -0.15) is 4.98 Å². The molecule has 2 atom stereocenters. The molecule has 1 aliphatic carbocycles. The van der Waals surface area contributed by atoms with Crippen LogP contribution >= 0.6 is 0 Å². The van der Waals surface area contributed by atoms with Gasteiger partial charge in [-0.1, -0.05) is 12.8 Å². The maximum atomic E-state index is 11.9. The maximum absolute atomic E-state index is 11.9. The Labute approximate surface area is 174 Å². The first-order valence-electron chi connectivity index (χ1n) is 9.91. The Morgan fingerprint density at radius 3 is 2.63 bits per heavy atom. The maximum Gasteiger partial charge on any atom is 0.254 e. The number of amides is 1. The van der Waals surface area contributed by atoms with Crippen LogP contribution in [-0.4, -0.2) is 42.7 Å². The van der Waals surface area contributed by atoms with Gasteiger partial charge in [-0.25, -0.2) is 4.98 Å². The molecule has 4 rings (SSSR count). The number of benzene rings is 1.